The van der Waals surface area contributed by atoms with Crippen molar-refractivity contribution in [3.05, 3.63) is 100 Å². The van der Waals surface area contributed by atoms with Gasteiger partial charge in [-0.1, -0.05) is 42.0 Å². The first kappa shape index (κ1) is 29.2. The number of benzene rings is 2. The third-order valence-electron chi connectivity index (χ3n) is 5.94. The number of amides is 2. The summed E-state index contributed by atoms with van der Waals surface area (Å²) in [4.78, 5) is 26.7. The number of nitrogens with one attached hydrogen (secondary N) is 2. The third-order valence-corrected chi connectivity index (χ3v) is 6.95. The zero-order chi connectivity index (χ0) is 27.4. The van der Waals surface area contributed by atoms with Crippen LogP contribution >= 0.6 is 11.8 Å². The number of hydrogen-bond acceptors (Lipinski definition) is 6. The van der Waals surface area contributed by atoms with E-state index in [-0.39, 0.29) is 6.61 Å². The van der Waals surface area contributed by atoms with E-state index in [9.17, 15) is 14.0 Å². The van der Waals surface area contributed by atoms with Crippen LogP contribution in [0.4, 0.5) is 4.39 Å². The Morgan fingerprint density at radius 1 is 1.18 bits per heavy atom. The van der Waals surface area contributed by atoms with Crippen molar-refractivity contribution in [2.75, 3.05) is 25.6 Å². The van der Waals surface area contributed by atoms with E-state index in [2.05, 4.69) is 10.7 Å². The lowest BCUT2D eigenvalue weighted by molar-refractivity contribution is -0.124. The molecule has 1 aliphatic rings. The highest BCUT2D eigenvalue weighted by Gasteiger charge is 2.42. The normalized spacial score (nSPS) is 17.7. The second kappa shape index (κ2) is 14.5. The molecule has 0 radical (unpaired) electrons. The minimum absolute atomic E-state index is 0.0824. The number of thioether (sulfide) groups is 1. The molecule has 0 saturated heterocycles. The van der Waals surface area contributed by atoms with Gasteiger partial charge in [-0.15, -0.1) is 0 Å². The summed E-state index contributed by atoms with van der Waals surface area (Å²) in [5.74, 6) is 6.24. The summed E-state index contributed by atoms with van der Waals surface area (Å²) < 4.78 is 18.3. The number of carbonyl (C=O) groups is 2. The minimum Gasteiger partial charge on any atom is -0.494 e. The highest BCUT2D eigenvalue weighted by Crippen LogP contribution is 2.31. The predicted octanol–water partition coefficient (Wildman–Crippen LogP) is 3.98. The fourth-order valence-electron chi connectivity index (χ4n) is 3.89. The number of hydrogen-bond donors (Lipinski definition) is 4. The molecule has 3 rings (SSSR count). The van der Waals surface area contributed by atoms with E-state index >= 15 is 0 Å². The van der Waals surface area contributed by atoms with Crippen LogP contribution < -0.4 is 16.6 Å². The van der Waals surface area contributed by atoms with Crippen LogP contribution in [-0.4, -0.2) is 48.1 Å². The number of aryl methyl sites for hydroxylation is 1. The largest absolute Gasteiger partial charge is 0.494 e. The van der Waals surface area contributed by atoms with Gasteiger partial charge in [0.05, 0.1) is 19.9 Å². The van der Waals surface area contributed by atoms with E-state index < -0.39 is 24.0 Å². The average molecular weight is 540 g/mol. The average Bonchev–Trinajstić information content (AvgIpc) is 2.93. The highest BCUT2D eigenvalue weighted by molar-refractivity contribution is 7.98. The number of nitrogens with two attached hydrogens (primary N) is 1. The maximum Gasteiger partial charge on any atom is 0.268 e. The lowest BCUT2D eigenvalue weighted by Crippen LogP contribution is -2.60. The molecule has 0 heterocycles. The fraction of sp³-hybridized carbons (Fsp3) is 0.310. The van der Waals surface area contributed by atoms with Crippen LogP contribution in [0.3, 0.4) is 0 Å². The minimum atomic E-state index is -1.61. The first-order valence-electron chi connectivity index (χ1n) is 12.4. The summed E-state index contributed by atoms with van der Waals surface area (Å²) in [5.41, 5.74) is 4.25. The van der Waals surface area contributed by atoms with Gasteiger partial charge >= 0.3 is 0 Å². The Morgan fingerprint density at radius 3 is 2.68 bits per heavy atom. The number of rotatable bonds is 13. The van der Waals surface area contributed by atoms with Crippen molar-refractivity contribution >= 4 is 29.7 Å². The molecule has 0 saturated carbocycles. The van der Waals surface area contributed by atoms with E-state index in [0.29, 0.717) is 47.8 Å². The second-order valence-electron chi connectivity index (χ2n) is 8.85. The molecule has 9 heteroatoms. The molecule has 202 valence electrons. The van der Waals surface area contributed by atoms with E-state index in [0.717, 1.165) is 16.7 Å². The van der Waals surface area contributed by atoms with Gasteiger partial charge in [0.15, 0.2) is 5.54 Å². The van der Waals surface area contributed by atoms with E-state index in [1.807, 2.05) is 37.3 Å². The molecule has 5 N–H and O–H groups in total. The number of aliphatic hydroxyl groups is 1. The molecule has 2 aromatic rings. The molecular formula is C29H34FN3O4S. The zero-order valence-corrected chi connectivity index (χ0v) is 22.2. The van der Waals surface area contributed by atoms with E-state index in [1.54, 1.807) is 54.3 Å². The van der Waals surface area contributed by atoms with E-state index in [1.165, 1.54) is 0 Å². The molecule has 2 aromatic carbocycles. The van der Waals surface area contributed by atoms with Gasteiger partial charge in [-0.3, -0.25) is 19.4 Å². The maximum atomic E-state index is 13.5. The SMILES string of the molecule is Cc1ccc(C=C2C=C(OCCCCF)C=CC2(NC(=O)c2cccc(CSCCO)c2)C(=O)NN)cc1. The second-order valence-corrected chi connectivity index (χ2v) is 9.95. The fourth-order valence-corrected chi connectivity index (χ4v) is 4.58. The number of alkyl halides is 1. The molecule has 0 aliphatic heterocycles. The Bertz CT molecular complexity index is 1200. The lowest BCUT2D eigenvalue weighted by atomic mass is 9.82. The Morgan fingerprint density at radius 2 is 1.97 bits per heavy atom. The molecule has 1 atom stereocenters. The lowest BCUT2D eigenvalue weighted by Gasteiger charge is -2.34. The molecule has 0 fully saturated rings. The van der Waals surface area contributed by atoms with Crippen LogP contribution in [0.25, 0.3) is 6.08 Å². The summed E-state index contributed by atoms with van der Waals surface area (Å²) in [6.07, 6.45) is 7.60. The molecule has 0 aromatic heterocycles. The van der Waals surface area contributed by atoms with Gasteiger partial charge in [0.25, 0.3) is 11.8 Å². The summed E-state index contributed by atoms with van der Waals surface area (Å²) in [6.45, 7) is 1.97. The standard InChI is InChI=1S/C29H34FN3O4S/c1-21-7-9-22(10-8-21)18-25-19-26(37-15-3-2-13-30)11-12-29(25,28(36)33-31)32-27(35)24-6-4-5-23(17-24)20-38-16-14-34/h4-12,17-19,34H,2-3,13-16,20,31H2,1H3,(H,32,35)(H,33,36). The van der Waals surface area contributed by atoms with Gasteiger partial charge in [0, 0.05) is 17.1 Å². The third kappa shape index (κ3) is 7.80. The number of allylic oxidation sites excluding steroid dienone is 1. The number of halogens is 1. The number of carbonyl (C=O) groups excluding carboxylic acids is 2. The highest BCUT2D eigenvalue weighted by atomic mass is 32.2. The summed E-state index contributed by atoms with van der Waals surface area (Å²) in [6, 6.07) is 14.9. The Labute approximate surface area is 227 Å². The van der Waals surface area contributed by atoms with Crippen molar-refractivity contribution in [3.8, 4) is 0 Å². The van der Waals surface area contributed by atoms with Gasteiger partial charge in [0.2, 0.25) is 0 Å². The van der Waals surface area contributed by atoms with Crippen molar-refractivity contribution in [1.29, 1.82) is 0 Å². The van der Waals surface area contributed by atoms with Gasteiger partial charge in [-0.25, -0.2) is 5.84 Å². The first-order chi connectivity index (χ1) is 18.4. The summed E-state index contributed by atoms with van der Waals surface area (Å²) in [5, 5.41) is 11.9. The molecular weight excluding hydrogens is 505 g/mol. The van der Waals surface area contributed by atoms with Gasteiger partial charge in [-0.2, -0.15) is 11.8 Å². The van der Waals surface area contributed by atoms with Crippen LogP contribution in [0.15, 0.2) is 78.1 Å². The van der Waals surface area contributed by atoms with Crippen molar-refractivity contribution in [2.45, 2.75) is 31.1 Å². The zero-order valence-electron chi connectivity index (χ0n) is 21.4. The number of unbranched alkanes of at least 4 members (excludes halogenated alkanes) is 1. The maximum absolute atomic E-state index is 13.5. The summed E-state index contributed by atoms with van der Waals surface area (Å²) >= 11 is 1.56. The van der Waals surface area contributed by atoms with Crippen molar-refractivity contribution in [3.63, 3.8) is 0 Å². The Kier molecular flexibility index (Phi) is 11.1. The molecule has 0 bridgehead atoms. The molecule has 1 aliphatic carbocycles. The van der Waals surface area contributed by atoms with Gasteiger partial charge < -0.3 is 15.2 Å². The van der Waals surface area contributed by atoms with Crippen molar-refractivity contribution in [2.24, 2.45) is 5.84 Å². The number of aliphatic hydroxyl groups excluding tert-OH is 1. The molecule has 0 spiro atoms. The number of hydrazine groups is 1. The van der Waals surface area contributed by atoms with Gasteiger partial charge in [0.1, 0.15) is 5.76 Å². The van der Waals surface area contributed by atoms with Crippen LogP contribution in [0, 0.1) is 6.92 Å². The first-order valence-corrected chi connectivity index (χ1v) is 13.6. The van der Waals surface area contributed by atoms with Crippen LogP contribution in [0.2, 0.25) is 0 Å². The smallest absolute Gasteiger partial charge is 0.268 e. The molecule has 7 nitrogen and oxygen atoms in total. The molecule has 2 amide bonds. The van der Waals surface area contributed by atoms with Crippen molar-refractivity contribution < 1.29 is 23.8 Å². The number of ether oxygens (including phenoxy) is 1. The monoisotopic (exact) mass is 539 g/mol. The van der Waals surface area contributed by atoms with Crippen LogP contribution in [-0.2, 0) is 15.3 Å². The topological polar surface area (TPSA) is 114 Å². The van der Waals surface area contributed by atoms with Gasteiger partial charge in [-0.05, 0) is 72.9 Å². The molecule has 1 unspecified atom stereocenters. The van der Waals surface area contributed by atoms with Crippen LogP contribution in [0.5, 0.6) is 0 Å². The van der Waals surface area contributed by atoms with Crippen LogP contribution in [0.1, 0.15) is 39.9 Å². The van der Waals surface area contributed by atoms with Crippen molar-refractivity contribution in [1.82, 2.24) is 10.7 Å². The summed E-state index contributed by atoms with van der Waals surface area (Å²) in [7, 11) is 0. The quantitative estimate of drug-likeness (QED) is 0.133. The van der Waals surface area contributed by atoms with E-state index in [4.69, 9.17) is 15.7 Å². The Hall–Kier alpha value is -3.40. The Balaban J connectivity index is 1.97. The molecule has 38 heavy (non-hydrogen) atoms. The predicted molar refractivity (Wildman–Crippen MR) is 150 cm³/mol.